The van der Waals surface area contributed by atoms with E-state index in [-0.39, 0.29) is 0 Å². The maximum absolute atomic E-state index is 5.77. The molecule has 0 radical (unpaired) electrons. The molecule has 4 heteroatoms. The highest BCUT2D eigenvalue weighted by atomic mass is 14.9. The lowest BCUT2D eigenvalue weighted by atomic mass is 10.1. The third-order valence-corrected chi connectivity index (χ3v) is 2.33. The first-order valence-electron chi connectivity index (χ1n) is 4.80. The number of benzene rings is 1. The largest absolute Gasteiger partial charge is 0.384 e. The predicted molar refractivity (Wildman–Crippen MR) is 63.3 cm³/mol. The number of nitrogens with zero attached hydrogens (tertiary/aromatic N) is 1. The van der Waals surface area contributed by atoms with Crippen molar-refractivity contribution in [3.8, 4) is 0 Å². The van der Waals surface area contributed by atoms with E-state index in [4.69, 9.17) is 11.5 Å². The summed E-state index contributed by atoms with van der Waals surface area (Å²) in [7, 11) is 1.92. The topological polar surface area (TPSA) is 77.0 Å². The summed E-state index contributed by atoms with van der Waals surface area (Å²) in [5, 5.41) is 5.08. The van der Waals surface area contributed by atoms with Crippen LogP contribution in [0, 0.1) is 0 Å². The van der Waals surface area contributed by atoms with Crippen LogP contribution in [0.3, 0.4) is 0 Å². The van der Waals surface area contributed by atoms with Crippen molar-refractivity contribution in [2.24, 2.45) is 0 Å². The summed E-state index contributed by atoms with van der Waals surface area (Å²) in [4.78, 5) is 4.02. The number of aromatic nitrogens is 1. The van der Waals surface area contributed by atoms with Crippen molar-refractivity contribution < 1.29 is 0 Å². The molecule has 1 heterocycles. The molecule has 78 valence electrons. The minimum atomic E-state index is 0.460. The molecule has 0 spiro atoms. The minimum absolute atomic E-state index is 0.460. The number of nitrogens with two attached hydrogens (primary N) is 2. The molecule has 0 amide bonds. The Morgan fingerprint density at radius 2 is 2.07 bits per heavy atom. The summed E-state index contributed by atoms with van der Waals surface area (Å²) in [6.07, 6.45) is 0. The van der Waals surface area contributed by atoms with Crippen molar-refractivity contribution in [1.82, 2.24) is 10.3 Å². The Bertz CT molecular complexity index is 493. The van der Waals surface area contributed by atoms with Crippen molar-refractivity contribution in [1.29, 1.82) is 0 Å². The number of fused-ring (bicyclic) bond motifs is 1. The van der Waals surface area contributed by atoms with Gasteiger partial charge in [-0.25, -0.2) is 4.98 Å². The molecule has 0 saturated heterocycles. The average molecular weight is 202 g/mol. The van der Waals surface area contributed by atoms with Crippen LogP contribution >= 0.6 is 0 Å². The quantitative estimate of drug-likeness (QED) is 0.682. The maximum Gasteiger partial charge on any atom is 0.133 e. The minimum Gasteiger partial charge on any atom is -0.384 e. The van der Waals surface area contributed by atoms with Gasteiger partial charge in [-0.15, -0.1) is 0 Å². The van der Waals surface area contributed by atoms with Gasteiger partial charge in [-0.3, -0.25) is 0 Å². The van der Waals surface area contributed by atoms with E-state index in [9.17, 15) is 0 Å². The molecule has 5 N–H and O–H groups in total. The highest BCUT2D eigenvalue weighted by Gasteiger charge is 2.02. The Morgan fingerprint density at radius 3 is 2.80 bits per heavy atom. The first-order valence-corrected chi connectivity index (χ1v) is 4.80. The number of nitrogens with one attached hydrogen (secondary N) is 1. The van der Waals surface area contributed by atoms with Crippen LogP contribution in [0.5, 0.6) is 0 Å². The monoisotopic (exact) mass is 202 g/mol. The van der Waals surface area contributed by atoms with E-state index in [2.05, 4.69) is 16.4 Å². The second kappa shape index (κ2) is 3.74. The first kappa shape index (κ1) is 9.73. The van der Waals surface area contributed by atoms with Crippen LogP contribution in [0.25, 0.3) is 10.8 Å². The van der Waals surface area contributed by atoms with Crippen molar-refractivity contribution in [2.45, 2.75) is 6.54 Å². The van der Waals surface area contributed by atoms with E-state index in [0.717, 1.165) is 17.3 Å². The Labute approximate surface area is 88.3 Å². The molecule has 2 rings (SSSR count). The summed E-state index contributed by atoms with van der Waals surface area (Å²) < 4.78 is 0. The number of rotatable bonds is 2. The van der Waals surface area contributed by atoms with E-state index in [1.807, 2.05) is 25.2 Å². The van der Waals surface area contributed by atoms with Gasteiger partial charge in [-0.05, 0) is 30.1 Å². The zero-order valence-electron chi connectivity index (χ0n) is 8.62. The smallest absolute Gasteiger partial charge is 0.133 e. The van der Waals surface area contributed by atoms with Gasteiger partial charge in [0, 0.05) is 11.9 Å². The fourth-order valence-electron chi connectivity index (χ4n) is 1.67. The Kier molecular flexibility index (Phi) is 2.43. The molecule has 1 aromatic heterocycles. The van der Waals surface area contributed by atoms with Crippen molar-refractivity contribution >= 4 is 22.4 Å². The molecule has 0 saturated carbocycles. The second-order valence-electron chi connectivity index (χ2n) is 3.52. The third kappa shape index (κ3) is 1.85. The predicted octanol–water partition coefficient (Wildman–Crippen LogP) is 1.12. The van der Waals surface area contributed by atoms with Gasteiger partial charge >= 0.3 is 0 Å². The lowest BCUT2D eigenvalue weighted by Crippen LogP contribution is -2.05. The first-order chi connectivity index (χ1) is 7.20. The standard InChI is InChI=1S/C11H14N4/c1-14-6-7-2-3-9-8(4-7)5-10(12)15-11(9)13/h2-5,14H,6H2,1H3,(H4,12,13,15). The molecule has 0 unspecified atom stereocenters. The molecule has 0 bridgehead atoms. The van der Waals surface area contributed by atoms with Crippen LogP contribution in [0.4, 0.5) is 11.6 Å². The lowest BCUT2D eigenvalue weighted by molar-refractivity contribution is 0.819. The maximum atomic E-state index is 5.77. The Hall–Kier alpha value is -1.81. The van der Waals surface area contributed by atoms with Gasteiger partial charge in [0.2, 0.25) is 0 Å². The fourth-order valence-corrected chi connectivity index (χ4v) is 1.67. The average Bonchev–Trinajstić information content (AvgIpc) is 2.17. The summed E-state index contributed by atoms with van der Waals surface area (Å²) in [6, 6.07) is 7.92. The summed E-state index contributed by atoms with van der Waals surface area (Å²) in [6.45, 7) is 0.831. The molecular formula is C11H14N4. The summed E-state index contributed by atoms with van der Waals surface area (Å²) >= 11 is 0. The number of hydrogen-bond acceptors (Lipinski definition) is 4. The third-order valence-electron chi connectivity index (χ3n) is 2.33. The SMILES string of the molecule is CNCc1ccc2c(N)nc(N)cc2c1. The molecule has 4 nitrogen and oxygen atoms in total. The molecular weight excluding hydrogens is 188 g/mol. The zero-order valence-corrected chi connectivity index (χ0v) is 8.62. The van der Waals surface area contributed by atoms with E-state index in [1.165, 1.54) is 5.56 Å². The van der Waals surface area contributed by atoms with E-state index in [0.29, 0.717) is 11.6 Å². The normalized spacial score (nSPS) is 10.7. The molecule has 0 aliphatic heterocycles. The van der Waals surface area contributed by atoms with Crippen LogP contribution in [0.15, 0.2) is 24.3 Å². The summed E-state index contributed by atoms with van der Waals surface area (Å²) in [5.74, 6) is 0.947. The van der Waals surface area contributed by atoms with Gasteiger partial charge in [0.1, 0.15) is 11.6 Å². The van der Waals surface area contributed by atoms with Crippen LogP contribution in [0.2, 0.25) is 0 Å². The summed E-state index contributed by atoms with van der Waals surface area (Å²) in [5.41, 5.74) is 12.6. The van der Waals surface area contributed by atoms with Crippen LogP contribution in [-0.2, 0) is 6.54 Å². The van der Waals surface area contributed by atoms with E-state index < -0.39 is 0 Å². The molecule has 0 aliphatic carbocycles. The molecule has 2 aromatic rings. The Morgan fingerprint density at radius 1 is 1.27 bits per heavy atom. The van der Waals surface area contributed by atoms with Gasteiger partial charge in [0.15, 0.2) is 0 Å². The second-order valence-corrected chi connectivity index (χ2v) is 3.52. The van der Waals surface area contributed by atoms with Gasteiger partial charge in [-0.1, -0.05) is 12.1 Å². The van der Waals surface area contributed by atoms with Crippen molar-refractivity contribution in [3.05, 3.63) is 29.8 Å². The van der Waals surface area contributed by atoms with Gasteiger partial charge in [-0.2, -0.15) is 0 Å². The van der Waals surface area contributed by atoms with Crippen molar-refractivity contribution in [2.75, 3.05) is 18.5 Å². The molecule has 1 aromatic carbocycles. The number of pyridine rings is 1. The Balaban J connectivity index is 2.60. The van der Waals surface area contributed by atoms with Gasteiger partial charge < -0.3 is 16.8 Å². The lowest BCUT2D eigenvalue weighted by Gasteiger charge is -2.05. The number of hydrogen-bond donors (Lipinski definition) is 3. The molecule has 15 heavy (non-hydrogen) atoms. The fraction of sp³-hybridized carbons (Fsp3) is 0.182. The van der Waals surface area contributed by atoms with Gasteiger partial charge in [0.25, 0.3) is 0 Å². The van der Waals surface area contributed by atoms with E-state index in [1.54, 1.807) is 0 Å². The highest BCUT2D eigenvalue weighted by molar-refractivity contribution is 5.93. The number of anilines is 2. The van der Waals surface area contributed by atoms with Crippen LogP contribution in [0.1, 0.15) is 5.56 Å². The zero-order chi connectivity index (χ0) is 10.8. The van der Waals surface area contributed by atoms with E-state index >= 15 is 0 Å². The molecule has 0 aliphatic rings. The molecule has 0 fully saturated rings. The molecule has 0 atom stereocenters. The van der Waals surface area contributed by atoms with Gasteiger partial charge in [0.05, 0.1) is 0 Å². The van der Waals surface area contributed by atoms with Crippen LogP contribution < -0.4 is 16.8 Å². The number of nitrogen functional groups attached to an aromatic ring is 2. The van der Waals surface area contributed by atoms with Crippen LogP contribution in [-0.4, -0.2) is 12.0 Å². The highest BCUT2D eigenvalue weighted by Crippen LogP contribution is 2.22. The van der Waals surface area contributed by atoms with Crippen molar-refractivity contribution in [3.63, 3.8) is 0 Å².